The van der Waals surface area contributed by atoms with Crippen LogP contribution in [0, 0.1) is 0 Å². The predicted octanol–water partition coefficient (Wildman–Crippen LogP) is 1.74. The molecule has 1 saturated heterocycles. The van der Waals surface area contributed by atoms with Crippen LogP contribution in [0.4, 0.5) is 0 Å². The Balaban J connectivity index is 1.60. The van der Waals surface area contributed by atoms with Crippen LogP contribution in [-0.2, 0) is 21.2 Å². The Bertz CT molecular complexity index is 796. The topological polar surface area (TPSA) is 75.7 Å². The second-order valence-corrected chi connectivity index (χ2v) is 8.60. The SMILES string of the molecule is O=C(NCCc1cccs1)c1ccc(S(=O)(=O)N2CCOCC2)cc1. The standard InChI is InChI=1S/C17H20N2O4S2/c20-17(18-8-7-15-2-1-13-24-15)14-3-5-16(6-4-14)25(21,22)19-9-11-23-12-10-19/h1-6,13H,7-12H2,(H,18,20). The fourth-order valence-electron chi connectivity index (χ4n) is 2.57. The van der Waals surface area contributed by atoms with E-state index in [-0.39, 0.29) is 10.8 Å². The molecule has 8 heteroatoms. The van der Waals surface area contributed by atoms with Crippen LogP contribution in [0.25, 0.3) is 0 Å². The molecule has 1 N–H and O–H groups in total. The zero-order chi connectivity index (χ0) is 17.7. The number of amides is 1. The molecule has 2 heterocycles. The minimum absolute atomic E-state index is 0.199. The van der Waals surface area contributed by atoms with Crippen LogP contribution in [0.15, 0.2) is 46.7 Å². The van der Waals surface area contributed by atoms with Gasteiger partial charge in [0.15, 0.2) is 0 Å². The second kappa shape index (κ2) is 8.09. The van der Waals surface area contributed by atoms with Gasteiger partial charge in [-0.1, -0.05) is 6.07 Å². The first-order valence-corrected chi connectivity index (χ1v) is 10.4. The number of carbonyl (C=O) groups excluding carboxylic acids is 1. The summed E-state index contributed by atoms with van der Waals surface area (Å²) in [5.74, 6) is -0.202. The number of rotatable bonds is 6. The second-order valence-electron chi connectivity index (χ2n) is 5.63. The van der Waals surface area contributed by atoms with E-state index in [4.69, 9.17) is 4.74 Å². The normalized spacial score (nSPS) is 15.8. The summed E-state index contributed by atoms with van der Waals surface area (Å²) >= 11 is 1.66. The number of ether oxygens (including phenoxy) is 1. The third-order valence-corrected chi connectivity index (χ3v) is 6.81. The molecule has 1 fully saturated rings. The Morgan fingerprint density at radius 1 is 1.16 bits per heavy atom. The summed E-state index contributed by atoms with van der Waals surface area (Å²) in [6.07, 6.45) is 0.785. The molecule has 0 unspecified atom stereocenters. The summed E-state index contributed by atoms with van der Waals surface area (Å²) in [4.78, 5) is 13.6. The number of benzene rings is 1. The Labute approximate surface area is 151 Å². The average Bonchev–Trinajstić information content (AvgIpc) is 3.16. The Hall–Kier alpha value is -1.74. The van der Waals surface area contributed by atoms with Crippen molar-refractivity contribution in [3.63, 3.8) is 0 Å². The van der Waals surface area contributed by atoms with Crippen molar-refractivity contribution < 1.29 is 17.9 Å². The molecule has 0 spiro atoms. The van der Waals surface area contributed by atoms with Crippen molar-refractivity contribution in [3.8, 4) is 0 Å². The van der Waals surface area contributed by atoms with Crippen molar-refractivity contribution in [2.75, 3.05) is 32.8 Å². The molecule has 0 radical (unpaired) electrons. The van der Waals surface area contributed by atoms with E-state index in [1.807, 2.05) is 17.5 Å². The van der Waals surface area contributed by atoms with Gasteiger partial charge in [-0.05, 0) is 42.1 Å². The fourth-order valence-corrected chi connectivity index (χ4v) is 4.69. The van der Waals surface area contributed by atoms with E-state index in [0.717, 1.165) is 6.42 Å². The number of morpholine rings is 1. The van der Waals surface area contributed by atoms with E-state index in [9.17, 15) is 13.2 Å². The highest BCUT2D eigenvalue weighted by Gasteiger charge is 2.26. The summed E-state index contributed by atoms with van der Waals surface area (Å²) in [5, 5.41) is 4.85. The summed E-state index contributed by atoms with van der Waals surface area (Å²) in [6.45, 7) is 2.07. The first kappa shape index (κ1) is 18.1. The highest BCUT2D eigenvalue weighted by Crippen LogP contribution is 2.17. The molecule has 0 aliphatic carbocycles. The molecule has 1 amide bonds. The lowest BCUT2D eigenvalue weighted by atomic mass is 10.2. The van der Waals surface area contributed by atoms with E-state index in [1.165, 1.54) is 21.3 Å². The molecule has 1 aliphatic heterocycles. The molecule has 0 bridgehead atoms. The van der Waals surface area contributed by atoms with Gasteiger partial charge in [-0.25, -0.2) is 8.42 Å². The van der Waals surface area contributed by atoms with Crippen LogP contribution in [0.2, 0.25) is 0 Å². The minimum atomic E-state index is -3.53. The molecule has 0 saturated carbocycles. The smallest absolute Gasteiger partial charge is 0.251 e. The lowest BCUT2D eigenvalue weighted by molar-refractivity contribution is 0.0730. The maximum atomic E-state index is 12.5. The highest BCUT2D eigenvalue weighted by atomic mass is 32.2. The minimum Gasteiger partial charge on any atom is -0.379 e. The quantitative estimate of drug-likeness (QED) is 0.828. The fraction of sp³-hybridized carbons (Fsp3) is 0.353. The van der Waals surface area contributed by atoms with Crippen LogP contribution in [0.1, 0.15) is 15.2 Å². The van der Waals surface area contributed by atoms with Crippen LogP contribution in [0.5, 0.6) is 0 Å². The monoisotopic (exact) mass is 380 g/mol. The molecular formula is C17H20N2O4S2. The maximum Gasteiger partial charge on any atom is 0.251 e. The molecule has 1 aliphatic rings. The Kier molecular flexibility index (Phi) is 5.85. The Morgan fingerprint density at radius 2 is 1.88 bits per heavy atom. The number of sulfonamides is 1. The number of hydrogen-bond acceptors (Lipinski definition) is 5. The third kappa shape index (κ3) is 4.46. The lowest BCUT2D eigenvalue weighted by Crippen LogP contribution is -2.40. The van der Waals surface area contributed by atoms with Crippen molar-refractivity contribution in [2.24, 2.45) is 0 Å². The van der Waals surface area contributed by atoms with Crippen LogP contribution in [-0.4, -0.2) is 51.5 Å². The number of nitrogens with zero attached hydrogens (tertiary/aromatic N) is 1. The van der Waals surface area contributed by atoms with E-state index >= 15 is 0 Å². The van der Waals surface area contributed by atoms with Gasteiger partial charge in [0.1, 0.15) is 0 Å². The summed E-state index contributed by atoms with van der Waals surface area (Å²) in [6, 6.07) is 10.1. The third-order valence-electron chi connectivity index (χ3n) is 3.96. The Morgan fingerprint density at radius 3 is 2.52 bits per heavy atom. The van der Waals surface area contributed by atoms with Gasteiger partial charge < -0.3 is 10.1 Å². The zero-order valence-electron chi connectivity index (χ0n) is 13.7. The van der Waals surface area contributed by atoms with Crippen LogP contribution < -0.4 is 5.32 Å². The summed E-state index contributed by atoms with van der Waals surface area (Å²) in [7, 11) is -3.53. The van der Waals surface area contributed by atoms with Gasteiger partial charge in [-0.15, -0.1) is 11.3 Å². The van der Waals surface area contributed by atoms with Crippen molar-refractivity contribution in [3.05, 3.63) is 52.2 Å². The van der Waals surface area contributed by atoms with Crippen molar-refractivity contribution in [1.29, 1.82) is 0 Å². The number of thiophene rings is 1. The van der Waals surface area contributed by atoms with Crippen LogP contribution in [0.3, 0.4) is 0 Å². The van der Waals surface area contributed by atoms with Gasteiger partial charge in [0.05, 0.1) is 18.1 Å². The summed E-state index contributed by atoms with van der Waals surface area (Å²) in [5.41, 5.74) is 0.451. The van der Waals surface area contributed by atoms with E-state index in [1.54, 1.807) is 23.5 Å². The first-order chi connectivity index (χ1) is 12.1. The van der Waals surface area contributed by atoms with Gasteiger partial charge in [-0.3, -0.25) is 4.79 Å². The molecule has 25 heavy (non-hydrogen) atoms. The number of carbonyl (C=O) groups is 1. The molecule has 1 aromatic carbocycles. The molecule has 134 valence electrons. The number of nitrogens with one attached hydrogen (secondary N) is 1. The largest absolute Gasteiger partial charge is 0.379 e. The number of hydrogen-bond donors (Lipinski definition) is 1. The van der Waals surface area contributed by atoms with Crippen molar-refractivity contribution >= 4 is 27.3 Å². The predicted molar refractivity (Wildman–Crippen MR) is 96.4 cm³/mol. The van der Waals surface area contributed by atoms with Crippen molar-refractivity contribution in [2.45, 2.75) is 11.3 Å². The lowest BCUT2D eigenvalue weighted by Gasteiger charge is -2.26. The van der Waals surface area contributed by atoms with E-state index in [2.05, 4.69) is 5.32 Å². The zero-order valence-corrected chi connectivity index (χ0v) is 15.3. The van der Waals surface area contributed by atoms with Gasteiger partial charge >= 0.3 is 0 Å². The van der Waals surface area contributed by atoms with Crippen molar-refractivity contribution in [1.82, 2.24) is 9.62 Å². The first-order valence-electron chi connectivity index (χ1n) is 8.06. The van der Waals surface area contributed by atoms with Crippen LogP contribution >= 0.6 is 11.3 Å². The maximum absolute atomic E-state index is 12.5. The van der Waals surface area contributed by atoms with Gasteiger partial charge in [0, 0.05) is 30.1 Å². The highest BCUT2D eigenvalue weighted by molar-refractivity contribution is 7.89. The molecule has 2 aromatic rings. The molecule has 3 rings (SSSR count). The molecule has 0 atom stereocenters. The summed E-state index contributed by atoms with van der Waals surface area (Å²) < 4.78 is 31.7. The molecular weight excluding hydrogens is 360 g/mol. The van der Waals surface area contributed by atoms with E-state index in [0.29, 0.717) is 38.4 Å². The van der Waals surface area contributed by atoms with Gasteiger partial charge in [0.2, 0.25) is 10.0 Å². The van der Waals surface area contributed by atoms with E-state index < -0.39 is 10.0 Å². The molecule has 1 aromatic heterocycles. The average molecular weight is 380 g/mol. The molecule has 6 nitrogen and oxygen atoms in total. The van der Waals surface area contributed by atoms with Gasteiger partial charge in [-0.2, -0.15) is 4.31 Å². The van der Waals surface area contributed by atoms with Gasteiger partial charge in [0.25, 0.3) is 5.91 Å².